The smallest absolute Gasteiger partial charge is 0.274 e. The molecular formula is C20H16ClN3O2. The molecule has 0 radical (unpaired) electrons. The van der Waals surface area contributed by atoms with Crippen LogP contribution in [-0.2, 0) is 6.42 Å². The molecule has 0 aliphatic rings. The van der Waals surface area contributed by atoms with Crippen LogP contribution in [0.3, 0.4) is 0 Å². The summed E-state index contributed by atoms with van der Waals surface area (Å²) in [7, 11) is 0. The van der Waals surface area contributed by atoms with Crippen molar-refractivity contribution in [1.82, 2.24) is 9.38 Å². The highest BCUT2D eigenvalue weighted by atomic mass is 35.5. The molecule has 26 heavy (non-hydrogen) atoms. The van der Waals surface area contributed by atoms with Gasteiger partial charge in [0.15, 0.2) is 0 Å². The number of imidazole rings is 1. The monoisotopic (exact) mass is 365 g/mol. The Morgan fingerprint density at radius 2 is 1.96 bits per heavy atom. The zero-order valence-electron chi connectivity index (χ0n) is 14.0. The van der Waals surface area contributed by atoms with Gasteiger partial charge in [0.05, 0.1) is 5.69 Å². The summed E-state index contributed by atoms with van der Waals surface area (Å²) < 4.78 is 1.74. The number of phenols is 1. The van der Waals surface area contributed by atoms with Crippen LogP contribution in [0.4, 0.5) is 5.69 Å². The fraction of sp³-hybridized carbons (Fsp3) is 0.100. The number of benzene rings is 2. The summed E-state index contributed by atoms with van der Waals surface area (Å²) in [4.78, 5) is 17.5. The van der Waals surface area contributed by atoms with E-state index < -0.39 is 0 Å². The number of hydrogen-bond donors (Lipinski definition) is 2. The summed E-state index contributed by atoms with van der Waals surface area (Å²) in [6.07, 6.45) is 2.37. The summed E-state index contributed by atoms with van der Waals surface area (Å²) in [6, 6.07) is 14.1. The molecular weight excluding hydrogens is 350 g/mol. The maximum Gasteiger partial charge on any atom is 0.274 e. The Balaban J connectivity index is 1.80. The van der Waals surface area contributed by atoms with Gasteiger partial charge in [-0.25, -0.2) is 4.98 Å². The number of nitrogens with one attached hydrogen (secondary N) is 1. The van der Waals surface area contributed by atoms with Crippen LogP contribution in [0.5, 0.6) is 5.75 Å². The predicted octanol–water partition coefficient (Wildman–Crippen LogP) is 4.66. The molecule has 1 amide bonds. The van der Waals surface area contributed by atoms with Crippen molar-refractivity contribution >= 4 is 39.6 Å². The largest absolute Gasteiger partial charge is 0.507 e. The lowest BCUT2D eigenvalue weighted by molar-refractivity contribution is 0.102. The first-order chi connectivity index (χ1) is 12.6. The number of pyridine rings is 1. The van der Waals surface area contributed by atoms with Crippen LogP contribution in [0.2, 0.25) is 5.02 Å². The molecule has 2 aromatic carbocycles. The Bertz CT molecular complexity index is 1150. The van der Waals surface area contributed by atoms with Crippen molar-refractivity contribution in [1.29, 1.82) is 0 Å². The molecule has 2 aromatic heterocycles. The van der Waals surface area contributed by atoms with Crippen LogP contribution >= 0.6 is 11.6 Å². The van der Waals surface area contributed by atoms with Crippen LogP contribution in [0, 0.1) is 0 Å². The Morgan fingerprint density at radius 1 is 1.19 bits per heavy atom. The lowest BCUT2D eigenvalue weighted by Gasteiger charge is -2.10. The van der Waals surface area contributed by atoms with Crippen LogP contribution in [-0.4, -0.2) is 20.4 Å². The van der Waals surface area contributed by atoms with Crippen LogP contribution in [0.15, 0.2) is 54.7 Å². The van der Waals surface area contributed by atoms with Crippen LogP contribution < -0.4 is 5.32 Å². The second-order valence-electron chi connectivity index (χ2n) is 5.97. The molecule has 0 spiro atoms. The molecule has 0 saturated heterocycles. The van der Waals surface area contributed by atoms with Gasteiger partial charge in [-0.1, -0.05) is 42.8 Å². The topological polar surface area (TPSA) is 66.6 Å². The third-order valence-electron chi connectivity index (χ3n) is 4.36. The molecule has 2 heterocycles. The summed E-state index contributed by atoms with van der Waals surface area (Å²) in [5.74, 6) is -0.0789. The van der Waals surface area contributed by atoms with Crippen molar-refractivity contribution in [2.45, 2.75) is 13.3 Å². The van der Waals surface area contributed by atoms with Crippen LogP contribution in [0.1, 0.15) is 23.1 Å². The Hall–Kier alpha value is -3.05. The minimum atomic E-state index is -0.257. The Kier molecular flexibility index (Phi) is 4.01. The van der Waals surface area contributed by atoms with Crippen molar-refractivity contribution in [2.24, 2.45) is 0 Å². The minimum Gasteiger partial charge on any atom is -0.507 e. The normalized spacial score (nSPS) is 11.2. The summed E-state index contributed by atoms with van der Waals surface area (Å²) >= 11 is 6.04. The van der Waals surface area contributed by atoms with E-state index in [1.54, 1.807) is 40.9 Å². The molecule has 130 valence electrons. The number of rotatable bonds is 3. The van der Waals surface area contributed by atoms with E-state index in [4.69, 9.17) is 11.6 Å². The van der Waals surface area contributed by atoms with E-state index in [1.807, 2.05) is 25.1 Å². The van der Waals surface area contributed by atoms with Gasteiger partial charge >= 0.3 is 0 Å². The number of hydrogen-bond acceptors (Lipinski definition) is 3. The summed E-state index contributed by atoms with van der Waals surface area (Å²) in [5, 5.41) is 15.0. The number of anilines is 1. The average Bonchev–Trinajstić information content (AvgIpc) is 3.00. The Labute approximate surface area is 154 Å². The second kappa shape index (κ2) is 6.35. The van der Waals surface area contributed by atoms with Crippen molar-refractivity contribution in [3.05, 3.63) is 71.1 Å². The third kappa shape index (κ3) is 2.66. The average molecular weight is 366 g/mol. The lowest BCUT2D eigenvalue weighted by atomic mass is 10.1. The molecule has 0 atom stereocenters. The number of halogens is 1. The molecule has 0 saturated carbocycles. The van der Waals surface area contributed by atoms with E-state index in [0.29, 0.717) is 39.6 Å². The standard InChI is InChI=1S/C20H16ClN3O2/c1-2-15-19(24-10-9-12(21)11-18(24)22-15)20(26)23-16-7-3-6-14-13(16)5-4-8-17(14)25/h3-11,25H,2H2,1H3,(H,23,26). The summed E-state index contributed by atoms with van der Waals surface area (Å²) in [5.41, 5.74) is 2.45. The van der Waals surface area contributed by atoms with E-state index in [9.17, 15) is 9.90 Å². The molecule has 4 aromatic rings. The molecule has 6 heteroatoms. The predicted molar refractivity (Wildman–Crippen MR) is 103 cm³/mol. The van der Waals surface area contributed by atoms with Crippen molar-refractivity contribution in [3.8, 4) is 5.75 Å². The van der Waals surface area contributed by atoms with Crippen molar-refractivity contribution in [3.63, 3.8) is 0 Å². The van der Waals surface area contributed by atoms with Crippen LogP contribution in [0.25, 0.3) is 16.4 Å². The van der Waals surface area contributed by atoms with E-state index >= 15 is 0 Å². The van der Waals surface area contributed by atoms with E-state index in [2.05, 4.69) is 10.3 Å². The molecule has 0 aliphatic heterocycles. The fourth-order valence-electron chi connectivity index (χ4n) is 3.14. The molecule has 5 nitrogen and oxygen atoms in total. The SMILES string of the molecule is CCc1nc2cc(Cl)ccn2c1C(=O)Nc1cccc2c(O)cccc12. The number of aryl methyl sites for hydroxylation is 1. The number of amides is 1. The van der Waals surface area contributed by atoms with Gasteiger partial charge in [-0.2, -0.15) is 0 Å². The molecule has 0 aliphatic carbocycles. The van der Waals surface area contributed by atoms with Gasteiger partial charge in [-0.05, 0) is 24.6 Å². The first-order valence-electron chi connectivity index (χ1n) is 8.27. The van der Waals surface area contributed by atoms with Gasteiger partial charge in [-0.3, -0.25) is 9.20 Å². The molecule has 0 bridgehead atoms. The molecule has 2 N–H and O–H groups in total. The number of aromatic nitrogens is 2. The Morgan fingerprint density at radius 3 is 2.77 bits per heavy atom. The van der Waals surface area contributed by atoms with E-state index in [-0.39, 0.29) is 11.7 Å². The van der Waals surface area contributed by atoms with Gasteiger partial charge in [0.2, 0.25) is 0 Å². The highest BCUT2D eigenvalue weighted by Gasteiger charge is 2.19. The zero-order chi connectivity index (χ0) is 18.3. The van der Waals surface area contributed by atoms with Gasteiger partial charge < -0.3 is 10.4 Å². The number of carbonyl (C=O) groups excluding carboxylic acids is 1. The van der Waals surface area contributed by atoms with Gasteiger partial charge in [0.25, 0.3) is 5.91 Å². The number of nitrogens with zero attached hydrogens (tertiary/aromatic N) is 2. The first kappa shape index (κ1) is 16.4. The van der Waals surface area contributed by atoms with Crippen molar-refractivity contribution < 1.29 is 9.90 Å². The molecule has 0 unspecified atom stereocenters. The number of fused-ring (bicyclic) bond motifs is 2. The maximum atomic E-state index is 13.0. The highest BCUT2D eigenvalue weighted by molar-refractivity contribution is 6.30. The van der Waals surface area contributed by atoms with Crippen molar-refractivity contribution in [2.75, 3.05) is 5.32 Å². The number of phenolic OH excluding ortho intramolecular Hbond substituents is 1. The number of aromatic hydroxyl groups is 1. The summed E-state index contributed by atoms with van der Waals surface area (Å²) in [6.45, 7) is 1.95. The van der Waals surface area contributed by atoms with Gasteiger partial charge in [-0.15, -0.1) is 0 Å². The molecule has 0 fully saturated rings. The fourth-order valence-corrected chi connectivity index (χ4v) is 3.29. The third-order valence-corrected chi connectivity index (χ3v) is 4.59. The quantitative estimate of drug-likeness (QED) is 0.554. The van der Waals surface area contributed by atoms with E-state index in [1.165, 1.54) is 0 Å². The lowest BCUT2D eigenvalue weighted by Crippen LogP contribution is -2.16. The second-order valence-corrected chi connectivity index (χ2v) is 6.40. The van der Waals surface area contributed by atoms with Gasteiger partial charge in [0.1, 0.15) is 17.1 Å². The number of carbonyl (C=O) groups is 1. The maximum absolute atomic E-state index is 13.0. The van der Waals surface area contributed by atoms with Gasteiger partial charge in [0, 0.05) is 33.7 Å². The molecule has 4 rings (SSSR count). The van der Waals surface area contributed by atoms with E-state index in [0.717, 1.165) is 5.39 Å². The zero-order valence-corrected chi connectivity index (χ0v) is 14.8. The highest BCUT2D eigenvalue weighted by Crippen LogP contribution is 2.30. The minimum absolute atomic E-state index is 0.178. The first-order valence-corrected chi connectivity index (χ1v) is 8.65.